The molecule has 0 bridgehead atoms. The van der Waals surface area contributed by atoms with Crippen LogP contribution in [0, 0.1) is 0 Å². The van der Waals surface area contributed by atoms with Gasteiger partial charge in [0.2, 0.25) is 0 Å². The Kier molecular flexibility index (Phi) is 6.64. The lowest BCUT2D eigenvalue weighted by Gasteiger charge is -2.16. The number of ketones is 1. The first-order valence-corrected chi connectivity index (χ1v) is 7.82. The van der Waals surface area contributed by atoms with Gasteiger partial charge in [-0.15, -0.1) is 0 Å². The van der Waals surface area contributed by atoms with Crippen molar-refractivity contribution < 1.29 is 14.7 Å². The summed E-state index contributed by atoms with van der Waals surface area (Å²) in [6, 6.07) is 0.285. The molecule has 1 aromatic rings. The second-order valence-corrected chi connectivity index (χ2v) is 5.83. The van der Waals surface area contributed by atoms with Crippen molar-refractivity contribution in [3.8, 4) is 0 Å². The molecule has 0 saturated carbocycles. The molecule has 0 amide bonds. The van der Waals surface area contributed by atoms with E-state index in [2.05, 4.69) is 24.1 Å². The van der Waals surface area contributed by atoms with Gasteiger partial charge in [0.1, 0.15) is 4.88 Å². The maximum atomic E-state index is 11.4. The van der Waals surface area contributed by atoms with Crippen LogP contribution < -0.4 is 5.32 Å². The highest BCUT2D eigenvalue weighted by Crippen LogP contribution is 2.25. The van der Waals surface area contributed by atoms with Gasteiger partial charge in [0.25, 0.3) is 0 Å². The molecule has 1 aromatic heterocycles. The number of nitrogens with one attached hydrogen (secondary N) is 1. The molecule has 6 heteroatoms. The summed E-state index contributed by atoms with van der Waals surface area (Å²) in [5, 5.41) is 12.9. The number of Topliss-reactive ketones (excluding diaryl/α,β-unsaturated/α-hetero) is 1. The first-order valence-electron chi connectivity index (χ1n) is 7.01. The quantitative estimate of drug-likeness (QED) is 0.678. The van der Waals surface area contributed by atoms with E-state index in [-0.39, 0.29) is 22.4 Å². The normalized spacial score (nSPS) is 12.2. The highest BCUT2D eigenvalue weighted by atomic mass is 32.1. The Morgan fingerprint density at radius 1 is 1.30 bits per heavy atom. The van der Waals surface area contributed by atoms with E-state index in [1.165, 1.54) is 6.92 Å². The lowest BCUT2D eigenvalue weighted by molar-refractivity contribution is 0.0687. The average molecular weight is 298 g/mol. The summed E-state index contributed by atoms with van der Waals surface area (Å²) in [4.78, 5) is 26.8. The largest absolute Gasteiger partial charge is 0.476 e. The van der Waals surface area contributed by atoms with Gasteiger partial charge in [0.15, 0.2) is 16.6 Å². The number of carbonyl (C=O) groups is 2. The van der Waals surface area contributed by atoms with Crippen LogP contribution in [0.4, 0.5) is 5.13 Å². The van der Waals surface area contributed by atoms with Gasteiger partial charge >= 0.3 is 5.97 Å². The third-order valence-electron chi connectivity index (χ3n) is 3.02. The molecule has 1 rings (SSSR count). The zero-order valence-corrected chi connectivity index (χ0v) is 13.0. The van der Waals surface area contributed by atoms with Crippen molar-refractivity contribution >= 4 is 28.2 Å². The molecule has 0 spiro atoms. The summed E-state index contributed by atoms with van der Waals surface area (Å²) >= 11 is 1.13. The zero-order valence-electron chi connectivity index (χ0n) is 12.2. The first-order chi connectivity index (χ1) is 9.49. The van der Waals surface area contributed by atoms with Gasteiger partial charge in [0, 0.05) is 13.0 Å². The molecule has 0 radical (unpaired) electrons. The minimum Gasteiger partial charge on any atom is -0.476 e. The number of anilines is 1. The van der Waals surface area contributed by atoms with Crippen molar-refractivity contribution in [3.63, 3.8) is 0 Å². The number of unbranched alkanes of at least 4 members (excludes halogenated alkanes) is 1. The molecular weight excluding hydrogens is 276 g/mol. The Morgan fingerprint density at radius 3 is 2.45 bits per heavy atom. The minimum atomic E-state index is -1.15. The molecule has 5 nitrogen and oxygen atoms in total. The van der Waals surface area contributed by atoms with Crippen molar-refractivity contribution in [3.05, 3.63) is 10.6 Å². The summed E-state index contributed by atoms with van der Waals surface area (Å²) in [7, 11) is 0. The summed E-state index contributed by atoms with van der Waals surface area (Å²) in [6.07, 6.45) is 5.34. The third kappa shape index (κ3) is 4.59. The van der Waals surface area contributed by atoms with E-state index in [1.807, 2.05) is 0 Å². The number of hydrogen-bond donors (Lipinski definition) is 2. The smallest absolute Gasteiger partial charge is 0.356 e. The van der Waals surface area contributed by atoms with Crippen LogP contribution in [0.5, 0.6) is 0 Å². The zero-order chi connectivity index (χ0) is 15.1. The molecular formula is C14H22N2O3S. The standard InChI is InChI=1S/C14H22N2O3S/c1-4-6-8-10(7-5-2)15-14-16-11(13(18)19)12(20-14)9(3)17/h10H,4-8H2,1-3H3,(H,15,16)(H,18,19). The highest BCUT2D eigenvalue weighted by molar-refractivity contribution is 7.17. The van der Waals surface area contributed by atoms with Gasteiger partial charge in [-0.25, -0.2) is 9.78 Å². The van der Waals surface area contributed by atoms with Gasteiger partial charge in [-0.1, -0.05) is 44.4 Å². The predicted octanol–water partition coefficient (Wildman–Crippen LogP) is 3.81. The summed E-state index contributed by atoms with van der Waals surface area (Å²) in [5.41, 5.74) is -0.143. The molecule has 0 aliphatic heterocycles. The fourth-order valence-electron chi connectivity index (χ4n) is 2.03. The van der Waals surface area contributed by atoms with Gasteiger partial charge in [-0.2, -0.15) is 0 Å². The van der Waals surface area contributed by atoms with E-state index in [9.17, 15) is 9.59 Å². The molecule has 20 heavy (non-hydrogen) atoms. The SMILES string of the molecule is CCCCC(CCC)Nc1nc(C(=O)O)c(C(C)=O)s1. The van der Waals surface area contributed by atoms with E-state index < -0.39 is 5.97 Å². The molecule has 1 unspecified atom stereocenters. The maximum absolute atomic E-state index is 11.4. The van der Waals surface area contributed by atoms with Crippen LogP contribution in [-0.2, 0) is 0 Å². The number of hydrogen-bond acceptors (Lipinski definition) is 5. The summed E-state index contributed by atoms with van der Waals surface area (Å²) < 4.78 is 0. The van der Waals surface area contributed by atoms with Crippen molar-refractivity contribution in [2.24, 2.45) is 0 Å². The van der Waals surface area contributed by atoms with Gasteiger partial charge in [0.05, 0.1) is 0 Å². The van der Waals surface area contributed by atoms with Gasteiger partial charge in [-0.05, 0) is 12.8 Å². The number of rotatable bonds is 9. The second kappa shape index (κ2) is 7.99. The Morgan fingerprint density at radius 2 is 2.00 bits per heavy atom. The fraction of sp³-hybridized carbons (Fsp3) is 0.643. The van der Waals surface area contributed by atoms with Crippen LogP contribution in [0.3, 0.4) is 0 Å². The van der Waals surface area contributed by atoms with Gasteiger partial charge < -0.3 is 10.4 Å². The Hall–Kier alpha value is -1.43. The van der Waals surface area contributed by atoms with Crippen molar-refractivity contribution in [2.45, 2.75) is 58.9 Å². The number of carbonyl (C=O) groups excluding carboxylic acids is 1. The van der Waals surface area contributed by atoms with Crippen LogP contribution in [0.1, 0.15) is 73.0 Å². The minimum absolute atomic E-state index is 0.143. The average Bonchev–Trinajstić information content (AvgIpc) is 2.80. The molecule has 0 aliphatic rings. The topological polar surface area (TPSA) is 79.3 Å². The molecule has 1 atom stereocenters. The van der Waals surface area contributed by atoms with Crippen molar-refractivity contribution in [2.75, 3.05) is 5.32 Å². The first kappa shape index (κ1) is 16.6. The van der Waals surface area contributed by atoms with Crippen LogP contribution in [-0.4, -0.2) is 27.9 Å². The van der Waals surface area contributed by atoms with E-state index in [0.717, 1.165) is 43.4 Å². The highest BCUT2D eigenvalue weighted by Gasteiger charge is 2.21. The summed E-state index contributed by atoms with van der Waals surface area (Å²) in [5.74, 6) is -1.41. The molecule has 0 saturated heterocycles. The predicted molar refractivity (Wildman–Crippen MR) is 80.9 cm³/mol. The number of carboxylic acid groups (broad SMARTS) is 1. The van der Waals surface area contributed by atoms with Crippen LogP contribution in [0.2, 0.25) is 0 Å². The van der Waals surface area contributed by atoms with Crippen LogP contribution in [0.15, 0.2) is 0 Å². The number of thiazole rings is 1. The number of carboxylic acids is 1. The van der Waals surface area contributed by atoms with E-state index in [0.29, 0.717) is 5.13 Å². The Labute approximate surface area is 123 Å². The van der Waals surface area contributed by atoms with Crippen molar-refractivity contribution in [1.82, 2.24) is 4.98 Å². The molecule has 0 aromatic carbocycles. The molecule has 1 heterocycles. The lowest BCUT2D eigenvalue weighted by atomic mass is 10.1. The number of nitrogens with zero attached hydrogens (tertiary/aromatic N) is 1. The maximum Gasteiger partial charge on any atom is 0.356 e. The lowest BCUT2D eigenvalue weighted by Crippen LogP contribution is -2.19. The van der Waals surface area contributed by atoms with E-state index in [1.54, 1.807) is 0 Å². The number of aromatic carboxylic acids is 1. The van der Waals surface area contributed by atoms with Crippen LogP contribution >= 0.6 is 11.3 Å². The number of aromatic nitrogens is 1. The molecule has 112 valence electrons. The Bertz CT molecular complexity index is 439. The third-order valence-corrected chi connectivity index (χ3v) is 4.11. The molecule has 0 fully saturated rings. The second-order valence-electron chi connectivity index (χ2n) is 4.83. The van der Waals surface area contributed by atoms with Gasteiger partial charge in [-0.3, -0.25) is 4.79 Å². The fourth-order valence-corrected chi connectivity index (χ4v) is 2.96. The monoisotopic (exact) mass is 298 g/mol. The summed E-state index contributed by atoms with van der Waals surface area (Å²) in [6.45, 7) is 5.62. The van der Waals surface area contributed by atoms with E-state index >= 15 is 0 Å². The van der Waals surface area contributed by atoms with Crippen LogP contribution in [0.25, 0.3) is 0 Å². The van der Waals surface area contributed by atoms with E-state index in [4.69, 9.17) is 5.11 Å². The van der Waals surface area contributed by atoms with Crippen molar-refractivity contribution in [1.29, 1.82) is 0 Å². The Balaban J connectivity index is 2.87. The molecule has 2 N–H and O–H groups in total. The molecule has 0 aliphatic carbocycles.